The molecule has 0 spiro atoms. The minimum Gasteiger partial charge on any atom is -0.477 e. The molecule has 4 nitrogen and oxygen atoms in total. The van der Waals surface area contributed by atoms with E-state index in [-0.39, 0.29) is 11.1 Å². The third kappa shape index (κ3) is 4.23. The maximum atomic E-state index is 11.6. The van der Waals surface area contributed by atoms with Crippen molar-refractivity contribution in [2.24, 2.45) is 0 Å². The maximum absolute atomic E-state index is 11.6. The predicted molar refractivity (Wildman–Crippen MR) is 81.5 cm³/mol. The number of nitrogens with one attached hydrogen (secondary N) is 1. The van der Waals surface area contributed by atoms with Crippen LogP contribution in [0.25, 0.3) is 10.9 Å². The molecule has 0 aliphatic heterocycles. The lowest BCUT2D eigenvalue weighted by atomic mass is 10.1. The summed E-state index contributed by atoms with van der Waals surface area (Å²) in [6, 6.07) is 6.37. The molecule has 0 radical (unpaired) electrons. The van der Waals surface area contributed by atoms with Gasteiger partial charge < -0.3 is 10.1 Å². The molecule has 20 heavy (non-hydrogen) atoms. The minimum absolute atomic E-state index is 0.0867. The van der Waals surface area contributed by atoms with E-state index in [1.54, 1.807) is 12.1 Å². The zero-order valence-corrected chi connectivity index (χ0v) is 12.2. The van der Waals surface area contributed by atoms with Crippen molar-refractivity contribution in [1.29, 1.82) is 0 Å². The first-order valence-corrected chi connectivity index (χ1v) is 6.86. The molecule has 0 amide bonds. The van der Waals surface area contributed by atoms with Crippen molar-refractivity contribution in [3.05, 3.63) is 45.7 Å². The Morgan fingerprint density at radius 2 is 1.85 bits per heavy atom. The van der Waals surface area contributed by atoms with E-state index >= 15 is 0 Å². The monoisotopic (exact) mass is 275 g/mol. The molecule has 0 fully saturated rings. The summed E-state index contributed by atoms with van der Waals surface area (Å²) in [6.07, 6.45) is 4.08. The summed E-state index contributed by atoms with van der Waals surface area (Å²) in [4.78, 5) is 25.0. The van der Waals surface area contributed by atoms with Gasteiger partial charge in [-0.1, -0.05) is 44.7 Å². The lowest BCUT2D eigenvalue weighted by Crippen LogP contribution is -2.09. The number of aromatic nitrogens is 1. The zero-order chi connectivity index (χ0) is 15.1. The van der Waals surface area contributed by atoms with E-state index in [1.807, 2.05) is 13.0 Å². The van der Waals surface area contributed by atoms with Crippen LogP contribution in [0.3, 0.4) is 0 Å². The third-order valence-electron chi connectivity index (χ3n) is 2.92. The molecule has 4 heteroatoms. The van der Waals surface area contributed by atoms with E-state index in [1.165, 1.54) is 19.3 Å². The summed E-state index contributed by atoms with van der Waals surface area (Å²) in [5.74, 6) is -1.13. The van der Waals surface area contributed by atoms with Crippen LogP contribution >= 0.6 is 0 Å². The number of carboxylic acids is 1. The normalized spacial score (nSPS) is 9.95. The van der Waals surface area contributed by atoms with Crippen LogP contribution < -0.4 is 5.43 Å². The molecule has 1 aromatic carbocycles. The Balaban J connectivity index is 0.000000347. The Bertz CT molecular complexity index is 642. The fourth-order valence-corrected chi connectivity index (χ4v) is 1.83. The molecule has 1 aromatic heterocycles. The number of aromatic carboxylic acids is 1. The average Bonchev–Trinajstić information content (AvgIpc) is 2.41. The van der Waals surface area contributed by atoms with Gasteiger partial charge in [0, 0.05) is 17.0 Å². The molecule has 1 heterocycles. The van der Waals surface area contributed by atoms with E-state index < -0.39 is 5.97 Å². The second-order valence-corrected chi connectivity index (χ2v) is 4.76. The molecule has 108 valence electrons. The van der Waals surface area contributed by atoms with Crippen LogP contribution in [-0.2, 0) is 0 Å². The number of aromatic amines is 1. The summed E-state index contributed by atoms with van der Waals surface area (Å²) in [7, 11) is 0. The van der Waals surface area contributed by atoms with Gasteiger partial charge in [0.25, 0.3) is 0 Å². The van der Waals surface area contributed by atoms with Gasteiger partial charge in [0.15, 0.2) is 5.43 Å². The van der Waals surface area contributed by atoms with Gasteiger partial charge in [-0.15, -0.1) is 0 Å². The van der Waals surface area contributed by atoms with Crippen LogP contribution in [0.1, 0.15) is 49.2 Å². The van der Waals surface area contributed by atoms with Gasteiger partial charge in [-0.25, -0.2) is 4.79 Å². The Hall–Kier alpha value is -2.10. The highest BCUT2D eigenvalue weighted by atomic mass is 16.4. The molecular weight excluding hydrogens is 254 g/mol. The fourth-order valence-electron chi connectivity index (χ4n) is 1.83. The van der Waals surface area contributed by atoms with Gasteiger partial charge in [-0.3, -0.25) is 4.79 Å². The summed E-state index contributed by atoms with van der Waals surface area (Å²) in [5, 5.41) is 9.27. The molecule has 0 aliphatic carbocycles. The van der Waals surface area contributed by atoms with Gasteiger partial charge in [-0.05, 0) is 19.1 Å². The van der Waals surface area contributed by atoms with Crippen LogP contribution in [0.15, 0.2) is 29.1 Å². The van der Waals surface area contributed by atoms with E-state index in [0.29, 0.717) is 10.9 Å². The summed E-state index contributed by atoms with van der Waals surface area (Å²) >= 11 is 0. The van der Waals surface area contributed by atoms with E-state index in [9.17, 15) is 9.59 Å². The quantitative estimate of drug-likeness (QED) is 0.896. The number of fused-ring (bicyclic) bond motifs is 1. The highest BCUT2D eigenvalue weighted by Crippen LogP contribution is 2.10. The number of carbonyl (C=O) groups is 1. The maximum Gasteiger partial charge on any atom is 0.352 e. The average molecular weight is 275 g/mol. The van der Waals surface area contributed by atoms with Crippen LogP contribution in [0, 0.1) is 6.92 Å². The minimum atomic E-state index is -1.13. The number of hydrogen-bond acceptors (Lipinski definition) is 2. The molecule has 0 aliphatic rings. The zero-order valence-electron chi connectivity index (χ0n) is 12.2. The molecule has 0 atom stereocenters. The number of hydrogen-bond donors (Lipinski definition) is 2. The standard InChI is InChI=1S/C11H9NO3.C5H12/c1-6-2-3-8-7(4-6)10(13)5-9(12-8)11(14)15;1-3-5-4-2/h2-5H,1H3,(H,12,13)(H,14,15);3-5H2,1-2H3. The van der Waals surface area contributed by atoms with Crippen LogP contribution in [0.4, 0.5) is 0 Å². The lowest BCUT2D eigenvalue weighted by Gasteiger charge is -2.01. The smallest absolute Gasteiger partial charge is 0.352 e. The first-order chi connectivity index (χ1) is 9.49. The summed E-state index contributed by atoms with van der Waals surface area (Å²) in [5.41, 5.74) is 1.16. The van der Waals surface area contributed by atoms with Crippen molar-refractivity contribution >= 4 is 16.9 Å². The van der Waals surface area contributed by atoms with Gasteiger partial charge in [-0.2, -0.15) is 0 Å². The van der Waals surface area contributed by atoms with E-state index in [0.717, 1.165) is 11.6 Å². The van der Waals surface area contributed by atoms with Crippen LogP contribution in [0.2, 0.25) is 0 Å². The highest BCUT2D eigenvalue weighted by molar-refractivity contribution is 5.89. The number of pyridine rings is 1. The van der Waals surface area contributed by atoms with Crippen molar-refractivity contribution in [2.45, 2.75) is 40.0 Å². The molecule has 2 N–H and O–H groups in total. The van der Waals surface area contributed by atoms with Crippen molar-refractivity contribution in [2.75, 3.05) is 0 Å². The number of aryl methyl sites for hydroxylation is 1. The number of rotatable bonds is 3. The number of carboxylic acid groups (broad SMARTS) is 1. The second kappa shape index (κ2) is 7.48. The number of unbranched alkanes of at least 4 members (excludes halogenated alkanes) is 2. The first-order valence-electron chi connectivity index (χ1n) is 6.86. The highest BCUT2D eigenvalue weighted by Gasteiger charge is 2.07. The number of benzene rings is 1. The van der Waals surface area contributed by atoms with Crippen molar-refractivity contribution < 1.29 is 9.90 Å². The topological polar surface area (TPSA) is 70.2 Å². The van der Waals surface area contributed by atoms with Crippen molar-refractivity contribution in [3.8, 4) is 0 Å². The van der Waals surface area contributed by atoms with Crippen LogP contribution in [-0.4, -0.2) is 16.1 Å². The van der Waals surface area contributed by atoms with E-state index in [2.05, 4.69) is 18.8 Å². The largest absolute Gasteiger partial charge is 0.477 e. The van der Waals surface area contributed by atoms with Gasteiger partial charge >= 0.3 is 5.97 Å². The Kier molecular flexibility index (Phi) is 5.97. The fraction of sp³-hybridized carbons (Fsp3) is 0.375. The summed E-state index contributed by atoms with van der Waals surface area (Å²) in [6.45, 7) is 6.30. The molecule has 2 aromatic rings. The summed E-state index contributed by atoms with van der Waals surface area (Å²) < 4.78 is 0. The SMILES string of the molecule is CCCCC.Cc1ccc2[nH]c(C(=O)O)cc(=O)c2c1. The Morgan fingerprint density at radius 3 is 2.35 bits per heavy atom. The molecule has 0 saturated carbocycles. The third-order valence-corrected chi connectivity index (χ3v) is 2.92. The van der Waals surface area contributed by atoms with Gasteiger partial charge in [0.1, 0.15) is 5.69 Å². The van der Waals surface area contributed by atoms with Crippen LogP contribution in [0.5, 0.6) is 0 Å². The Labute approximate surface area is 118 Å². The number of H-pyrrole nitrogens is 1. The second-order valence-electron chi connectivity index (χ2n) is 4.76. The molecule has 0 bridgehead atoms. The predicted octanol–water partition coefficient (Wildman–Crippen LogP) is 3.73. The van der Waals surface area contributed by atoms with E-state index in [4.69, 9.17) is 5.11 Å². The van der Waals surface area contributed by atoms with Crippen molar-refractivity contribution in [3.63, 3.8) is 0 Å². The Morgan fingerprint density at radius 1 is 1.20 bits per heavy atom. The van der Waals surface area contributed by atoms with Crippen molar-refractivity contribution in [1.82, 2.24) is 4.98 Å². The van der Waals surface area contributed by atoms with Gasteiger partial charge in [0.05, 0.1) is 0 Å². The molecule has 0 unspecified atom stereocenters. The lowest BCUT2D eigenvalue weighted by molar-refractivity contribution is 0.0691. The van der Waals surface area contributed by atoms with Gasteiger partial charge in [0.2, 0.25) is 0 Å². The molecule has 2 rings (SSSR count). The first kappa shape index (κ1) is 16.0. The molecule has 0 saturated heterocycles. The molecular formula is C16H21NO3.